The van der Waals surface area contributed by atoms with Crippen molar-refractivity contribution >= 4 is 43.1 Å². The van der Waals surface area contributed by atoms with Gasteiger partial charge in [0, 0.05) is 10.7 Å². The minimum Gasteiger partial charge on any atom is -0.440 e. The summed E-state index contributed by atoms with van der Waals surface area (Å²) in [6, 6.07) is 2.68. The van der Waals surface area contributed by atoms with Crippen molar-refractivity contribution in [2.45, 2.75) is 10.1 Å². The van der Waals surface area contributed by atoms with Gasteiger partial charge in [-0.1, -0.05) is 11.6 Å². The summed E-state index contributed by atoms with van der Waals surface area (Å²) in [5.41, 5.74) is 0. The van der Waals surface area contributed by atoms with E-state index < -0.39 is 9.05 Å². The second-order valence-electron chi connectivity index (χ2n) is 3.11. The lowest BCUT2D eigenvalue weighted by Crippen LogP contribution is -1.90. The quantitative estimate of drug-likeness (QED) is 0.491. The zero-order valence-corrected chi connectivity index (χ0v) is 12.1. The SMILES string of the molecule is CSc1nc(-c2ccc(S(=O)(=O)Cl)o2)ncc1Cl. The molecule has 2 aromatic rings. The van der Waals surface area contributed by atoms with E-state index in [0.717, 1.165) is 0 Å². The predicted octanol–water partition coefficient (Wildman–Crippen LogP) is 3.04. The second kappa shape index (κ2) is 5.08. The van der Waals surface area contributed by atoms with Gasteiger partial charge in [-0.3, -0.25) is 0 Å². The number of thioether (sulfide) groups is 1. The summed E-state index contributed by atoms with van der Waals surface area (Å²) in [5.74, 6) is 0.455. The van der Waals surface area contributed by atoms with Crippen LogP contribution in [0.4, 0.5) is 0 Å². The maximum atomic E-state index is 11.1. The Balaban J connectivity index is 2.46. The summed E-state index contributed by atoms with van der Waals surface area (Å²) in [6.45, 7) is 0. The average Bonchev–Trinajstić information content (AvgIpc) is 2.78. The minimum absolute atomic E-state index is 0.209. The van der Waals surface area contributed by atoms with Gasteiger partial charge in [0.05, 0.1) is 11.2 Å². The third-order valence-electron chi connectivity index (χ3n) is 1.95. The molecule has 0 aliphatic heterocycles. The van der Waals surface area contributed by atoms with Gasteiger partial charge in [0.25, 0.3) is 9.05 Å². The van der Waals surface area contributed by atoms with Crippen molar-refractivity contribution in [1.29, 1.82) is 0 Å². The van der Waals surface area contributed by atoms with Crippen molar-refractivity contribution < 1.29 is 12.8 Å². The summed E-state index contributed by atoms with van der Waals surface area (Å²) in [4.78, 5) is 8.11. The fourth-order valence-corrected chi connectivity index (χ4v) is 2.60. The number of aromatic nitrogens is 2. The summed E-state index contributed by atoms with van der Waals surface area (Å²) < 4.78 is 27.2. The van der Waals surface area contributed by atoms with Gasteiger partial charge in [-0.15, -0.1) is 11.8 Å². The van der Waals surface area contributed by atoms with E-state index in [4.69, 9.17) is 26.7 Å². The van der Waals surface area contributed by atoms with E-state index in [-0.39, 0.29) is 16.7 Å². The van der Waals surface area contributed by atoms with Crippen LogP contribution < -0.4 is 0 Å². The molecule has 0 saturated carbocycles. The van der Waals surface area contributed by atoms with Crippen LogP contribution in [-0.2, 0) is 9.05 Å². The molecule has 0 saturated heterocycles. The van der Waals surface area contributed by atoms with E-state index in [1.807, 2.05) is 6.26 Å². The van der Waals surface area contributed by atoms with E-state index in [9.17, 15) is 8.42 Å². The first-order chi connectivity index (χ1) is 8.41. The Kier molecular flexibility index (Phi) is 3.86. The smallest absolute Gasteiger partial charge is 0.294 e. The van der Waals surface area contributed by atoms with Crippen LogP contribution in [0.5, 0.6) is 0 Å². The normalized spacial score (nSPS) is 11.7. The lowest BCUT2D eigenvalue weighted by molar-refractivity contribution is 0.463. The van der Waals surface area contributed by atoms with Crippen LogP contribution in [0.15, 0.2) is 32.9 Å². The molecule has 5 nitrogen and oxygen atoms in total. The van der Waals surface area contributed by atoms with Gasteiger partial charge in [0.2, 0.25) is 5.09 Å². The Morgan fingerprint density at radius 2 is 2.11 bits per heavy atom. The molecule has 2 rings (SSSR count). The molecule has 0 N–H and O–H groups in total. The number of hydrogen-bond donors (Lipinski definition) is 0. The molecule has 18 heavy (non-hydrogen) atoms. The maximum absolute atomic E-state index is 11.1. The molecule has 0 unspecified atom stereocenters. The summed E-state index contributed by atoms with van der Waals surface area (Å²) in [5, 5.41) is 0.653. The largest absolute Gasteiger partial charge is 0.440 e. The van der Waals surface area contributed by atoms with E-state index in [1.165, 1.54) is 30.1 Å². The molecular formula is C9H6Cl2N2O3S2. The Bertz CT molecular complexity index is 685. The standard InChI is InChI=1S/C9H6Cl2N2O3S2/c1-17-9-5(10)4-12-8(13-9)6-2-3-7(16-6)18(11,14)15/h2-4H,1H3. The predicted molar refractivity (Wildman–Crippen MR) is 69.6 cm³/mol. The van der Waals surface area contributed by atoms with Gasteiger partial charge in [-0.25, -0.2) is 18.4 Å². The van der Waals surface area contributed by atoms with Crippen LogP contribution in [0, 0.1) is 0 Å². The van der Waals surface area contributed by atoms with Crippen LogP contribution in [0.2, 0.25) is 5.02 Å². The highest BCUT2D eigenvalue weighted by Crippen LogP contribution is 2.28. The van der Waals surface area contributed by atoms with Gasteiger partial charge in [0.15, 0.2) is 11.6 Å². The monoisotopic (exact) mass is 324 g/mol. The average molecular weight is 325 g/mol. The Morgan fingerprint density at radius 3 is 2.67 bits per heavy atom. The molecule has 0 aliphatic carbocycles. The van der Waals surface area contributed by atoms with E-state index in [1.54, 1.807) is 0 Å². The topological polar surface area (TPSA) is 73.1 Å². The highest BCUT2D eigenvalue weighted by Gasteiger charge is 2.17. The maximum Gasteiger partial charge on any atom is 0.294 e. The third-order valence-corrected chi connectivity index (χ3v) is 4.19. The van der Waals surface area contributed by atoms with Gasteiger partial charge in [-0.2, -0.15) is 0 Å². The first-order valence-electron chi connectivity index (χ1n) is 4.53. The first kappa shape index (κ1) is 13.7. The van der Waals surface area contributed by atoms with Crippen LogP contribution >= 0.6 is 34.0 Å². The van der Waals surface area contributed by atoms with Crippen molar-refractivity contribution in [1.82, 2.24) is 9.97 Å². The van der Waals surface area contributed by atoms with E-state index in [0.29, 0.717) is 10.0 Å². The molecule has 96 valence electrons. The van der Waals surface area contributed by atoms with Crippen LogP contribution in [0.1, 0.15) is 0 Å². The number of rotatable bonds is 3. The lowest BCUT2D eigenvalue weighted by Gasteiger charge is -2.00. The molecule has 0 atom stereocenters. The molecule has 0 spiro atoms. The highest BCUT2D eigenvalue weighted by molar-refractivity contribution is 8.13. The second-order valence-corrected chi connectivity index (χ2v) is 6.81. The van der Waals surface area contributed by atoms with Gasteiger partial charge in [0.1, 0.15) is 5.03 Å². The fourth-order valence-electron chi connectivity index (χ4n) is 1.18. The van der Waals surface area contributed by atoms with Crippen LogP contribution in [0.3, 0.4) is 0 Å². The zero-order chi connectivity index (χ0) is 13.3. The molecular weight excluding hydrogens is 319 g/mol. The summed E-state index contributed by atoms with van der Waals surface area (Å²) in [6.07, 6.45) is 3.24. The summed E-state index contributed by atoms with van der Waals surface area (Å²) in [7, 11) is 1.26. The fraction of sp³-hybridized carbons (Fsp3) is 0.111. The van der Waals surface area contributed by atoms with Gasteiger partial charge in [-0.05, 0) is 18.4 Å². The number of hydrogen-bond acceptors (Lipinski definition) is 6. The summed E-state index contributed by atoms with van der Waals surface area (Å²) >= 11 is 7.22. The molecule has 2 heterocycles. The molecule has 0 amide bonds. The minimum atomic E-state index is -3.90. The molecule has 0 aliphatic rings. The first-order valence-corrected chi connectivity index (χ1v) is 8.44. The van der Waals surface area contributed by atoms with Gasteiger partial charge >= 0.3 is 0 Å². The van der Waals surface area contributed by atoms with Crippen molar-refractivity contribution in [2.75, 3.05) is 6.26 Å². The van der Waals surface area contributed by atoms with E-state index in [2.05, 4.69) is 9.97 Å². The molecule has 9 heteroatoms. The molecule has 2 aromatic heterocycles. The number of furan rings is 1. The van der Waals surface area contributed by atoms with Gasteiger partial charge < -0.3 is 4.42 Å². The molecule has 0 fully saturated rings. The van der Waals surface area contributed by atoms with Crippen LogP contribution in [0.25, 0.3) is 11.6 Å². The highest BCUT2D eigenvalue weighted by atomic mass is 35.7. The number of halogens is 2. The third kappa shape index (κ3) is 2.80. The Labute approximate surface area is 117 Å². The molecule has 0 bridgehead atoms. The Morgan fingerprint density at radius 1 is 1.39 bits per heavy atom. The lowest BCUT2D eigenvalue weighted by atomic mass is 10.4. The van der Waals surface area contributed by atoms with Crippen molar-refractivity contribution in [3.63, 3.8) is 0 Å². The molecule has 0 radical (unpaired) electrons. The Hall–Kier alpha value is -0.760. The molecule has 0 aromatic carbocycles. The zero-order valence-electron chi connectivity index (χ0n) is 8.92. The number of nitrogens with zero attached hydrogens (tertiary/aromatic N) is 2. The van der Waals surface area contributed by atoms with E-state index >= 15 is 0 Å². The van der Waals surface area contributed by atoms with Crippen LogP contribution in [-0.4, -0.2) is 24.6 Å². The van der Waals surface area contributed by atoms with Crippen molar-refractivity contribution in [2.24, 2.45) is 0 Å². The van der Waals surface area contributed by atoms with Crippen molar-refractivity contribution in [3.05, 3.63) is 23.4 Å². The van der Waals surface area contributed by atoms with Crippen molar-refractivity contribution in [3.8, 4) is 11.6 Å².